The Morgan fingerprint density at radius 3 is 2.43 bits per heavy atom. The molecule has 0 aromatic carbocycles. The summed E-state index contributed by atoms with van der Waals surface area (Å²) >= 11 is 0. The fourth-order valence-corrected chi connectivity index (χ4v) is 3.19. The highest BCUT2D eigenvalue weighted by Gasteiger charge is 2.28. The number of rotatable bonds is 6. The summed E-state index contributed by atoms with van der Waals surface area (Å²) in [5.41, 5.74) is 0. The van der Waals surface area contributed by atoms with Crippen LogP contribution in [0.2, 0.25) is 0 Å². The highest BCUT2D eigenvalue weighted by Crippen LogP contribution is 2.18. The molecular formula is C14H25N5O4. The molecule has 2 aliphatic rings. The molecule has 0 saturated carbocycles. The van der Waals surface area contributed by atoms with E-state index in [2.05, 4.69) is 20.4 Å². The molecule has 1 aromatic heterocycles. The fraction of sp³-hybridized carbons (Fsp3) is 0.929. The normalized spacial score (nSPS) is 27.4. The molecule has 130 valence electrons. The average molecular weight is 327 g/mol. The van der Waals surface area contributed by atoms with Gasteiger partial charge in [-0.25, -0.2) is 4.68 Å². The smallest absolute Gasteiger partial charge is 0.165 e. The van der Waals surface area contributed by atoms with Crippen LogP contribution in [0.15, 0.2) is 0 Å². The Kier molecular flexibility index (Phi) is 5.90. The number of nitrogens with zero attached hydrogens (tertiary/aromatic N) is 5. The Morgan fingerprint density at radius 2 is 1.78 bits per heavy atom. The van der Waals surface area contributed by atoms with Crippen LogP contribution < -0.4 is 0 Å². The van der Waals surface area contributed by atoms with Gasteiger partial charge >= 0.3 is 0 Å². The van der Waals surface area contributed by atoms with Crippen LogP contribution in [0, 0.1) is 5.92 Å². The molecule has 9 nitrogen and oxygen atoms in total. The number of ether oxygens (including phenoxy) is 2. The quantitative estimate of drug-likeness (QED) is 0.661. The van der Waals surface area contributed by atoms with Crippen LogP contribution in [-0.2, 0) is 22.6 Å². The number of tetrazole rings is 1. The largest absolute Gasteiger partial charge is 0.394 e. The highest BCUT2D eigenvalue weighted by molar-refractivity contribution is 4.86. The van der Waals surface area contributed by atoms with Gasteiger partial charge in [0.15, 0.2) is 5.82 Å². The number of aliphatic hydroxyl groups is 2. The van der Waals surface area contributed by atoms with E-state index in [9.17, 15) is 10.2 Å². The van der Waals surface area contributed by atoms with Crippen molar-refractivity contribution in [3.05, 3.63) is 5.82 Å². The van der Waals surface area contributed by atoms with Gasteiger partial charge < -0.3 is 19.7 Å². The molecule has 0 radical (unpaired) electrons. The first-order valence-corrected chi connectivity index (χ1v) is 8.20. The lowest BCUT2D eigenvalue weighted by Gasteiger charge is -2.36. The van der Waals surface area contributed by atoms with Crippen LogP contribution >= 0.6 is 0 Å². The monoisotopic (exact) mass is 327 g/mol. The van der Waals surface area contributed by atoms with E-state index in [0.717, 1.165) is 38.4 Å². The number of hydrogen-bond donors (Lipinski definition) is 2. The Balaban J connectivity index is 1.60. The lowest BCUT2D eigenvalue weighted by atomic mass is 10.0. The zero-order valence-corrected chi connectivity index (χ0v) is 13.3. The second-order valence-electron chi connectivity index (χ2n) is 6.27. The van der Waals surface area contributed by atoms with Gasteiger partial charge in [-0.3, -0.25) is 4.90 Å². The van der Waals surface area contributed by atoms with E-state index >= 15 is 0 Å². The third kappa shape index (κ3) is 4.45. The summed E-state index contributed by atoms with van der Waals surface area (Å²) in [5, 5.41) is 30.7. The second-order valence-corrected chi connectivity index (χ2v) is 6.27. The lowest BCUT2D eigenvalue weighted by Crippen LogP contribution is -2.50. The molecule has 9 heteroatoms. The summed E-state index contributed by atoms with van der Waals surface area (Å²) in [6.07, 6.45) is 1.52. The van der Waals surface area contributed by atoms with Gasteiger partial charge in [0.2, 0.25) is 0 Å². The Morgan fingerprint density at radius 1 is 1.09 bits per heavy atom. The van der Waals surface area contributed by atoms with Gasteiger partial charge in [0.1, 0.15) is 0 Å². The summed E-state index contributed by atoms with van der Waals surface area (Å²) in [6, 6.07) is 0. The van der Waals surface area contributed by atoms with Crippen molar-refractivity contribution in [3.8, 4) is 0 Å². The average Bonchev–Trinajstić information content (AvgIpc) is 3.02. The molecule has 2 atom stereocenters. The molecule has 23 heavy (non-hydrogen) atoms. The van der Waals surface area contributed by atoms with Crippen molar-refractivity contribution in [2.45, 2.75) is 38.1 Å². The summed E-state index contributed by atoms with van der Waals surface area (Å²) in [6.45, 7) is 4.12. The summed E-state index contributed by atoms with van der Waals surface area (Å²) in [4.78, 5) is 2.12. The molecule has 3 heterocycles. The van der Waals surface area contributed by atoms with E-state index in [1.165, 1.54) is 0 Å². The first kappa shape index (κ1) is 16.7. The van der Waals surface area contributed by atoms with E-state index in [1.54, 1.807) is 0 Å². The predicted octanol–water partition coefficient (Wildman–Crippen LogP) is -1.35. The van der Waals surface area contributed by atoms with Crippen LogP contribution in [0.3, 0.4) is 0 Å². The zero-order valence-electron chi connectivity index (χ0n) is 13.3. The van der Waals surface area contributed by atoms with Crippen molar-refractivity contribution < 1.29 is 19.7 Å². The van der Waals surface area contributed by atoms with Crippen molar-refractivity contribution in [2.24, 2.45) is 5.92 Å². The molecule has 2 saturated heterocycles. The molecule has 0 spiro atoms. The molecule has 2 fully saturated rings. The number of aromatic nitrogens is 4. The summed E-state index contributed by atoms with van der Waals surface area (Å²) in [7, 11) is 0. The third-order valence-corrected chi connectivity index (χ3v) is 4.46. The fourth-order valence-electron chi connectivity index (χ4n) is 3.19. The Hall–Kier alpha value is -1.13. The standard InChI is InChI=1S/C14H25N5O4/c20-9-12-6-18(7-13(10-21)23-12)8-14-15-16-17-19(14)5-11-1-3-22-4-2-11/h11-13,20-21H,1-10H2/t12-,13-/m1/s1. The number of morpholine rings is 1. The van der Waals surface area contributed by atoms with E-state index in [1.807, 2.05) is 4.68 Å². The van der Waals surface area contributed by atoms with Crippen LogP contribution in [0.4, 0.5) is 0 Å². The number of aliphatic hydroxyl groups excluding tert-OH is 2. The molecule has 3 rings (SSSR count). The van der Waals surface area contributed by atoms with Crippen LogP contribution in [0.1, 0.15) is 18.7 Å². The molecule has 0 bridgehead atoms. The molecule has 0 unspecified atom stereocenters. The van der Waals surface area contributed by atoms with Crippen molar-refractivity contribution in [1.29, 1.82) is 0 Å². The minimum Gasteiger partial charge on any atom is -0.394 e. The van der Waals surface area contributed by atoms with Crippen LogP contribution in [-0.4, -0.2) is 87.0 Å². The molecule has 2 N–H and O–H groups in total. The van der Waals surface area contributed by atoms with Crippen molar-refractivity contribution in [1.82, 2.24) is 25.1 Å². The maximum atomic E-state index is 9.33. The van der Waals surface area contributed by atoms with Crippen molar-refractivity contribution >= 4 is 0 Å². The van der Waals surface area contributed by atoms with E-state index in [-0.39, 0.29) is 25.4 Å². The third-order valence-electron chi connectivity index (χ3n) is 4.46. The Bertz CT molecular complexity index is 467. The van der Waals surface area contributed by atoms with E-state index < -0.39 is 0 Å². The van der Waals surface area contributed by atoms with Crippen molar-refractivity contribution in [2.75, 3.05) is 39.5 Å². The highest BCUT2D eigenvalue weighted by atomic mass is 16.5. The predicted molar refractivity (Wildman–Crippen MR) is 79.5 cm³/mol. The van der Waals surface area contributed by atoms with Gasteiger partial charge in [0.25, 0.3) is 0 Å². The molecule has 2 aliphatic heterocycles. The summed E-state index contributed by atoms with van der Waals surface area (Å²) in [5.74, 6) is 1.36. The SMILES string of the molecule is OC[C@H]1CN(Cc2nnnn2CC2CCOCC2)C[C@H](CO)O1. The zero-order chi connectivity index (χ0) is 16.1. The molecule has 0 aliphatic carbocycles. The maximum absolute atomic E-state index is 9.33. The Labute approximate surface area is 135 Å². The van der Waals surface area contributed by atoms with E-state index in [0.29, 0.717) is 25.6 Å². The molecule has 1 aromatic rings. The molecular weight excluding hydrogens is 302 g/mol. The van der Waals surface area contributed by atoms with Gasteiger partial charge in [-0.2, -0.15) is 0 Å². The van der Waals surface area contributed by atoms with Gasteiger partial charge in [-0.15, -0.1) is 5.10 Å². The maximum Gasteiger partial charge on any atom is 0.165 e. The van der Waals surface area contributed by atoms with Crippen LogP contribution in [0.5, 0.6) is 0 Å². The molecule has 0 amide bonds. The topological polar surface area (TPSA) is 106 Å². The van der Waals surface area contributed by atoms with Gasteiger partial charge in [-0.1, -0.05) is 0 Å². The van der Waals surface area contributed by atoms with Gasteiger partial charge in [-0.05, 0) is 29.2 Å². The minimum atomic E-state index is -0.277. The van der Waals surface area contributed by atoms with Gasteiger partial charge in [0.05, 0.1) is 32.0 Å². The first-order valence-electron chi connectivity index (χ1n) is 8.20. The summed E-state index contributed by atoms with van der Waals surface area (Å²) < 4.78 is 12.8. The lowest BCUT2D eigenvalue weighted by molar-refractivity contribution is -0.120. The first-order chi connectivity index (χ1) is 11.3. The van der Waals surface area contributed by atoms with Crippen LogP contribution in [0.25, 0.3) is 0 Å². The number of hydrogen-bond acceptors (Lipinski definition) is 8. The van der Waals surface area contributed by atoms with Gasteiger partial charge in [0, 0.05) is 32.8 Å². The minimum absolute atomic E-state index is 0.0555. The second kappa shape index (κ2) is 8.11. The van der Waals surface area contributed by atoms with E-state index in [4.69, 9.17) is 9.47 Å². The van der Waals surface area contributed by atoms with Crippen molar-refractivity contribution in [3.63, 3.8) is 0 Å².